The van der Waals surface area contributed by atoms with Gasteiger partial charge in [-0.1, -0.05) is 37.6 Å². The van der Waals surface area contributed by atoms with Crippen LogP contribution in [-0.2, 0) is 9.59 Å². The Balaban J connectivity index is 1.71. The maximum Gasteiger partial charge on any atom is 0.294 e. The normalized spacial score (nSPS) is 15.1. The van der Waals surface area contributed by atoms with Crippen molar-refractivity contribution < 1.29 is 19.3 Å². The monoisotopic (exact) mass is 459 g/mol. The van der Waals surface area contributed by atoms with Gasteiger partial charge in [0.15, 0.2) is 0 Å². The van der Waals surface area contributed by atoms with Gasteiger partial charge in [0.25, 0.3) is 16.8 Å². The van der Waals surface area contributed by atoms with E-state index in [0.717, 1.165) is 10.5 Å². The van der Waals surface area contributed by atoms with Crippen molar-refractivity contribution in [1.82, 2.24) is 4.90 Å². The van der Waals surface area contributed by atoms with Crippen LogP contribution < -0.4 is 5.32 Å². The molecule has 2 aromatic rings. The molecule has 1 saturated heterocycles. The second kappa shape index (κ2) is 9.32. The van der Waals surface area contributed by atoms with E-state index in [1.165, 1.54) is 24.3 Å². The van der Waals surface area contributed by atoms with E-state index >= 15 is 0 Å². The number of carbonyl (C=O) groups excluding carboxylic acids is 3. The van der Waals surface area contributed by atoms with E-state index in [0.29, 0.717) is 23.4 Å². The smallest absolute Gasteiger partial charge is 0.294 e. The number of benzene rings is 2. The molecule has 3 amide bonds. The van der Waals surface area contributed by atoms with Gasteiger partial charge in [0.05, 0.1) is 9.83 Å². The molecule has 0 aliphatic carbocycles. The van der Waals surface area contributed by atoms with Gasteiger partial charge in [-0.15, -0.1) is 0 Å². The molecule has 1 heterocycles. The van der Waals surface area contributed by atoms with Crippen LogP contribution in [0.25, 0.3) is 6.08 Å². The van der Waals surface area contributed by atoms with Crippen LogP contribution in [0.2, 0.25) is 5.02 Å². The van der Waals surface area contributed by atoms with E-state index in [1.54, 1.807) is 12.1 Å². The number of rotatable bonds is 6. The quantitative estimate of drug-likeness (QED) is 0.368. The maximum absolute atomic E-state index is 12.6. The number of hydrogen-bond donors (Lipinski definition) is 1. The molecule has 1 aliphatic heterocycles. The van der Waals surface area contributed by atoms with E-state index in [1.807, 2.05) is 12.1 Å². The zero-order valence-corrected chi connectivity index (χ0v) is 18.2. The Morgan fingerprint density at radius 1 is 1.23 bits per heavy atom. The Labute approximate surface area is 187 Å². The minimum absolute atomic E-state index is 0.0292. The summed E-state index contributed by atoms with van der Waals surface area (Å²) in [6.45, 7) is 3.67. The first-order valence-corrected chi connectivity index (χ1v) is 10.4. The van der Waals surface area contributed by atoms with Crippen LogP contribution in [0.3, 0.4) is 0 Å². The Hall–Kier alpha value is -3.17. The van der Waals surface area contributed by atoms with E-state index in [9.17, 15) is 24.5 Å². The number of non-ortho nitro benzene ring substituents is 1. The summed E-state index contributed by atoms with van der Waals surface area (Å²) in [6.07, 6.45) is 1.31. The molecule has 1 N–H and O–H groups in total. The Bertz CT molecular complexity index is 1100. The van der Waals surface area contributed by atoms with Crippen LogP contribution >= 0.6 is 23.4 Å². The summed E-state index contributed by atoms with van der Waals surface area (Å²) in [5.41, 5.74) is 1.71. The molecule has 0 aromatic heterocycles. The number of nitro benzene ring substituents is 1. The summed E-state index contributed by atoms with van der Waals surface area (Å²) < 4.78 is 0. The number of nitro groups is 1. The van der Waals surface area contributed by atoms with Crippen molar-refractivity contribution in [3.05, 3.63) is 73.6 Å². The van der Waals surface area contributed by atoms with Crippen LogP contribution in [0.5, 0.6) is 0 Å². The highest BCUT2D eigenvalue weighted by molar-refractivity contribution is 8.18. The lowest BCUT2D eigenvalue weighted by molar-refractivity contribution is -0.384. The molecule has 0 saturated carbocycles. The number of thioether (sulfide) groups is 1. The zero-order chi connectivity index (χ0) is 22.7. The van der Waals surface area contributed by atoms with E-state index in [4.69, 9.17) is 11.6 Å². The van der Waals surface area contributed by atoms with Crippen LogP contribution in [0.15, 0.2) is 47.4 Å². The predicted molar refractivity (Wildman–Crippen MR) is 120 cm³/mol. The van der Waals surface area contributed by atoms with Crippen molar-refractivity contribution in [2.45, 2.75) is 19.8 Å². The molecule has 1 aliphatic rings. The van der Waals surface area contributed by atoms with Gasteiger partial charge in [-0.3, -0.25) is 29.4 Å². The number of carbonyl (C=O) groups is 3. The number of imide groups is 1. The molecule has 3 rings (SSSR count). The summed E-state index contributed by atoms with van der Waals surface area (Å²) in [7, 11) is 0. The molecular weight excluding hydrogens is 442 g/mol. The minimum Gasteiger partial charge on any atom is -0.325 e. The standard InChI is InChI=1S/C21H18ClN3O5S/c1-12(2)13-3-5-15(6-4-13)23-19(26)11-24-20(27)18(31-21(24)28)10-14-9-16(25(29)30)7-8-17(14)22/h3-10,12H,11H2,1-2H3,(H,23,26)/b18-10-. The van der Waals surface area contributed by atoms with Crippen molar-refractivity contribution in [3.63, 3.8) is 0 Å². The Morgan fingerprint density at radius 2 is 1.90 bits per heavy atom. The number of anilines is 1. The SMILES string of the molecule is CC(C)c1ccc(NC(=O)CN2C(=O)S/C(=C\c3cc([N+](=O)[O-])ccc3Cl)C2=O)cc1. The predicted octanol–water partition coefficient (Wildman–Crippen LogP) is 5.05. The van der Waals surface area contributed by atoms with Crippen molar-refractivity contribution in [1.29, 1.82) is 0 Å². The highest BCUT2D eigenvalue weighted by atomic mass is 35.5. The highest BCUT2D eigenvalue weighted by Crippen LogP contribution is 2.34. The van der Waals surface area contributed by atoms with Gasteiger partial charge in [0.1, 0.15) is 6.54 Å². The summed E-state index contributed by atoms with van der Waals surface area (Å²) in [5.74, 6) is -0.830. The number of halogens is 1. The van der Waals surface area contributed by atoms with E-state index in [2.05, 4.69) is 19.2 Å². The second-order valence-corrected chi connectivity index (χ2v) is 8.46. The number of amides is 3. The fourth-order valence-electron chi connectivity index (χ4n) is 2.83. The van der Waals surface area contributed by atoms with Gasteiger partial charge in [-0.25, -0.2) is 0 Å². The third-order valence-corrected chi connectivity index (χ3v) is 5.77. The van der Waals surface area contributed by atoms with Gasteiger partial charge >= 0.3 is 0 Å². The molecule has 0 atom stereocenters. The third-order valence-electron chi connectivity index (χ3n) is 4.51. The minimum atomic E-state index is -0.664. The van der Waals surface area contributed by atoms with Gasteiger partial charge in [0.2, 0.25) is 5.91 Å². The lowest BCUT2D eigenvalue weighted by Gasteiger charge is -2.13. The molecule has 0 spiro atoms. The Kier molecular flexibility index (Phi) is 6.77. The second-order valence-electron chi connectivity index (χ2n) is 7.06. The molecule has 2 aromatic carbocycles. The first kappa shape index (κ1) is 22.5. The summed E-state index contributed by atoms with van der Waals surface area (Å²) in [4.78, 5) is 48.4. The van der Waals surface area contributed by atoms with E-state index in [-0.39, 0.29) is 21.2 Å². The first-order valence-electron chi connectivity index (χ1n) is 9.25. The highest BCUT2D eigenvalue weighted by Gasteiger charge is 2.36. The number of nitrogens with zero attached hydrogens (tertiary/aromatic N) is 2. The molecule has 160 valence electrons. The van der Waals surface area contributed by atoms with Crippen molar-refractivity contribution in [2.24, 2.45) is 0 Å². The molecule has 31 heavy (non-hydrogen) atoms. The Morgan fingerprint density at radius 3 is 2.52 bits per heavy atom. The van der Waals surface area contributed by atoms with Crippen LogP contribution in [-0.4, -0.2) is 33.4 Å². The van der Waals surface area contributed by atoms with Gasteiger partial charge < -0.3 is 5.32 Å². The van der Waals surface area contributed by atoms with E-state index < -0.39 is 28.5 Å². The number of hydrogen-bond acceptors (Lipinski definition) is 6. The van der Waals surface area contributed by atoms with Crippen LogP contribution in [0.1, 0.15) is 30.9 Å². The number of nitrogens with one attached hydrogen (secondary N) is 1. The third kappa shape index (κ3) is 5.31. The zero-order valence-electron chi connectivity index (χ0n) is 16.6. The average Bonchev–Trinajstić information content (AvgIpc) is 2.97. The molecule has 0 unspecified atom stereocenters. The van der Waals surface area contributed by atoms with Gasteiger partial charge in [0, 0.05) is 28.4 Å². The fraction of sp³-hybridized carbons (Fsp3) is 0.190. The average molecular weight is 460 g/mol. The fourth-order valence-corrected chi connectivity index (χ4v) is 3.83. The largest absolute Gasteiger partial charge is 0.325 e. The van der Waals surface area contributed by atoms with Crippen molar-refractivity contribution in [2.75, 3.05) is 11.9 Å². The molecule has 1 fully saturated rings. The lowest BCUT2D eigenvalue weighted by Crippen LogP contribution is -2.36. The molecule has 8 nitrogen and oxygen atoms in total. The summed E-state index contributed by atoms with van der Waals surface area (Å²) in [5, 5.41) is 13.2. The lowest BCUT2D eigenvalue weighted by atomic mass is 10.0. The van der Waals surface area contributed by atoms with Crippen molar-refractivity contribution in [3.8, 4) is 0 Å². The molecule has 0 radical (unpaired) electrons. The summed E-state index contributed by atoms with van der Waals surface area (Å²) >= 11 is 6.70. The first-order chi connectivity index (χ1) is 14.7. The molecule has 0 bridgehead atoms. The van der Waals surface area contributed by atoms with Crippen molar-refractivity contribution >= 4 is 57.9 Å². The van der Waals surface area contributed by atoms with Gasteiger partial charge in [-0.05, 0) is 47.5 Å². The van der Waals surface area contributed by atoms with Crippen LogP contribution in [0.4, 0.5) is 16.2 Å². The van der Waals surface area contributed by atoms with Gasteiger partial charge in [-0.2, -0.15) is 0 Å². The summed E-state index contributed by atoms with van der Waals surface area (Å²) in [6, 6.07) is 11.1. The van der Waals surface area contributed by atoms with Crippen LogP contribution in [0, 0.1) is 10.1 Å². The topological polar surface area (TPSA) is 110 Å². The molecular formula is C21H18ClN3O5S. The maximum atomic E-state index is 12.6. The molecule has 10 heteroatoms.